The Kier molecular flexibility index (Phi) is 4.10. The molecule has 4 heteroatoms. The van der Waals surface area contributed by atoms with Crippen molar-refractivity contribution >= 4 is 11.7 Å². The lowest BCUT2D eigenvalue weighted by Crippen LogP contribution is -2.45. The molecule has 0 saturated heterocycles. The SMILES string of the molecule is CCC(C)(CC)NC(=O)c1cc(C)nc(N)c1. The maximum atomic E-state index is 12.1. The average Bonchev–Trinajstić information content (AvgIpc) is 2.27. The van der Waals surface area contributed by atoms with Gasteiger partial charge in [-0.05, 0) is 38.8 Å². The van der Waals surface area contributed by atoms with Crippen molar-refractivity contribution in [2.75, 3.05) is 5.73 Å². The van der Waals surface area contributed by atoms with Crippen molar-refractivity contribution in [2.45, 2.75) is 46.1 Å². The lowest BCUT2D eigenvalue weighted by Gasteiger charge is -2.28. The molecule has 0 radical (unpaired) electrons. The van der Waals surface area contributed by atoms with Crippen molar-refractivity contribution in [1.82, 2.24) is 10.3 Å². The van der Waals surface area contributed by atoms with Crippen LogP contribution < -0.4 is 11.1 Å². The van der Waals surface area contributed by atoms with Gasteiger partial charge >= 0.3 is 0 Å². The molecular weight excluding hydrogens is 214 g/mol. The first-order valence-corrected chi connectivity index (χ1v) is 5.97. The van der Waals surface area contributed by atoms with Gasteiger partial charge in [-0.1, -0.05) is 13.8 Å². The van der Waals surface area contributed by atoms with Crippen molar-refractivity contribution in [3.63, 3.8) is 0 Å². The molecular formula is C13H21N3O. The molecule has 0 unspecified atom stereocenters. The topological polar surface area (TPSA) is 68.0 Å². The number of aryl methyl sites for hydroxylation is 1. The highest BCUT2D eigenvalue weighted by Crippen LogP contribution is 2.15. The quantitative estimate of drug-likeness (QED) is 0.841. The number of pyridine rings is 1. The third-order valence-corrected chi connectivity index (χ3v) is 3.21. The Morgan fingerprint density at radius 2 is 2.00 bits per heavy atom. The predicted octanol–water partition coefficient (Wildman–Crippen LogP) is 2.28. The summed E-state index contributed by atoms with van der Waals surface area (Å²) < 4.78 is 0. The van der Waals surface area contributed by atoms with Crippen LogP contribution in [-0.4, -0.2) is 16.4 Å². The van der Waals surface area contributed by atoms with Crippen LogP contribution in [0.1, 0.15) is 49.7 Å². The summed E-state index contributed by atoms with van der Waals surface area (Å²) >= 11 is 0. The number of amides is 1. The second-order valence-corrected chi connectivity index (χ2v) is 4.64. The number of carbonyl (C=O) groups excluding carboxylic acids is 1. The van der Waals surface area contributed by atoms with E-state index in [4.69, 9.17) is 5.73 Å². The molecule has 0 atom stereocenters. The number of hydrogen-bond donors (Lipinski definition) is 2. The van der Waals surface area contributed by atoms with E-state index in [2.05, 4.69) is 24.1 Å². The highest BCUT2D eigenvalue weighted by molar-refractivity contribution is 5.95. The molecule has 0 aliphatic carbocycles. The molecule has 0 aliphatic rings. The predicted molar refractivity (Wildman–Crippen MR) is 69.8 cm³/mol. The van der Waals surface area contributed by atoms with Gasteiger partial charge < -0.3 is 11.1 Å². The lowest BCUT2D eigenvalue weighted by atomic mass is 9.95. The van der Waals surface area contributed by atoms with Gasteiger partial charge in [0.15, 0.2) is 0 Å². The molecule has 94 valence electrons. The van der Waals surface area contributed by atoms with E-state index in [0.29, 0.717) is 11.4 Å². The van der Waals surface area contributed by atoms with Gasteiger partial charge in [-0.15, -0.1) is 0 Å². The molecule has 4 nitrogen and oxygen atoms in total. The van der Waals surface area contributed by atoms with E-state index >= 15 is 0 Å². The Hall–Kier alpha value is -1.58. The second kappa shape index (κ2) is 5.17. The molecule has 1 aromatic heterocycles. The van der Waals surface area contributed by atoms with Gasteiger partial charge in [0.1, 0.15) is 5.82 Å². The fraction of sp³-hybridized carbons (Fsp3) is 0.538. The van der Waals surface area contributed by atoms with E-state index in [0.717, 1.165) is 18.5 Å². The van der Waals surface area contributed by atoms with Gasteiger partial charge in [-0.25, -0.2) is 4.98 Å². The zero-order chi connectivity index (χ0) is 13.1. The van der Waals surface area contributed by atoms with E-state index in [-0.39, 0.29) is 11.4 Å². The van der Waals surface area contributed by atoms with Gasteiger partial charge in [0.25, 0.3) is 5.91 Å². The minimum atomic E-state index is -0.164. The molecule has 3 N–H and O–H groups in total. The first-order valence-electron chi connectivity index (χ1n) is 5.97. The Labute approximate surface area is 103 Å². The number of carbonyl (C=O) groups is 1. The van der Waals surface area contributed by atoms with Gasteiger partial charge in [-0.2, -0.15) is 0 Å². The first-order chi connectivity index (χ1) is 7.90. The van der Waals surface area contributed by atoms with Crippen LogP contribution in [0.4, 0.5) is 5.82 Å². The minimum absolute atomic E-state index is 0.0894. The highest BCUT2D eigenvalue weighted by atomic mass is 16.1. The number of nitrogen functional groups attached to an aromatic ring is 1. The molecule has 0 aliphatic heterocycles. The summed E-state index contributed by atoms with van der Waals surface area (Å²) in [6, 6.07) is 3.35. The summed E-state index contributed by atoms with van der Waals surface area (Å²) in [7, 11) is 0. The van der Waals surface area contributed by atoms with Crippen LogP contribution in [0.25, 0.3) is 0 Å². The van der Waals surface area contributed by atoms with Crippen LogP contribution in [0, 0.1) is 6.92 Å². The minimum Gasteiger partial charge on any atom is -0.384 e. The molecule has 0 bridgehead atoms. The van der Waals surface area contributed by atoms with Gasteiger partial charge in [0.2, 0.25) is 0 Å². The largest absolute Gasteiger partial charge is 0.384 e. The lowest BCUT2D eigenvalue weighted by molar-refractivity contribution is 0.0901. The van der Waals surface area contributed by atoms with Crippen molar-refractivity contribution in [2.24, 2.45) is 0 Å². The van der Waals surface area contributed by atoms with Crippen LogP contribution >= 0.6 is 0 Å². The van der Waals surface area contributed by atoms with Crippen LogP contribution in [0.2, 0.25) is 0 Å². The molecule has 1 rings (SSSR count). The Balaban J connectivity index is 2.90. The summed E-state index contributed by atoms with van der Waals surface area (Å²) in [5, 5.41) is 3.04. The number of nitrogens with two attached hydrogens (primary N) is 1. The smallest absolute Gasteiger partial charge is 0.251 e. The van der Waals surface area contributed by atoms with E-state index in [1.807, 2.05) is 13.8 Å². The zero-order valence-corrected chi connectivity index (χ0v) is 11.0. The summed E-state index contributed by atoms with van der Waals surface area (Å²) in [4.78, 5) is 16.1. The molecule has 1 heterocycles. The zero-order valence-electron chi connectivity index (χ0n) is 11.0. The average molecular weight is 235 g/mol. The van der Waals surface area contributed by atoms with E-state index in [1.54, 1.807) is 12.1 Å². The third-order valence-electron chi connectivity index (χ3n) is 3.21. The number of nitrogens with zero attached hydrogens (tertiary/aromatic N) is 1. The fourth-order valence-electron chi connectivity index (χ4n) is 1.60. The van der Waals surface area contributed by atoms with Crippen LogP contribution in [0.15, 0.2) is 12.1 Å². The monoisotopic (exact) mass is 235 g/mol. The number of nitrogens with one attached hydrogen (secondary N) is 1. The Morgan fingerprint density at radius 3 is 2.47 bits per heavy atom. The van der Waals surface area contributed by atoms with Crippen molar-refractivity contribution < 1.29 is 4.79 Å². The molecule has 1 aromatic rings. The van der Waals surface area contributed by atoms with E-state index < -0.39 is 0 Å². The summed E-state index contributed by atoms with van der Waals surface area (Å²) in [6.07, 6.45) is 1.80. The van der Waals surface area contributed by atoms with Gasteiger partial charge in [-0.3, -0.25) is 4.79 Å². The van der Waals surface area contributed by atoms with E-state index in [1.165, 1.54) is 0 Å². The third kappa shape index (κ3) is 3.44. The first kappa shape index (κ1) is 13.5. The molecule has 0 fully saturated rings. The van der Waals surface area contributed by atoms with Crippen LogP contribution in [-0.2, 0) is 0 Å². The fourth-order valence-corrected chi connectivity index (χ4v) is 1.60. The van der Waals surface area contributed by atoms with Crippen molar-refractivity contribution in [3.05, 3.63) is 23.4 Å². The van der Waals surface area contributed by atoms with E-state index in [9.17, 15) is 4.79 Å². The standard InChI is InChI=1S/C13H21N3O/c1-5-13(4,6-2)16-12(17)10-7-9(3)15-11(14)8-10/h7-8H,5-6H2,1-4H3,(H2,14,15)(H,16,17). The Bertz CT molecular complexity index is 391. The summed E-state index contributed by atoms with van der Waals surface area (Å²) in [5.74, 6) is 0.290. The molecule has 0 aromatic carbocycles. The number of anilines is 1. The van der Waals surface area contributed by atoms with Crippen LogP contribution in [0.3, 0.4) is 0 Å². The number of rotatable bonds is 4. The van der Waals surface area contributed by atoms with Crippen molar-refractivity contribution in [3.8, 4) is 0 Å². The number of hydrogen-bond acceptors (Lipinski definition) is 3. The maximum Gasteiger partial charge on any atom is 0.251 e. The van der Waals surface area contributed by atoms with Gasteiger partial charge in [0.05, 0.1) is 0 Å². The Morgan fingerprint density at radius 1 is 1.41 bits per heavy atom. The molecule has 1 amide bonds. The van der Waals surface area contributed by atoms with Crippen molar-refractivity contribution in [1.29, 1.82) is 0 Å². The normalized spacial score (nSPS) is 11.3. The van der Waals surface area contributed by atoms with Crippen LogP contribution in [0.5, 0.6) is 0 Å². The highest BCUT2D eigenvalue weighted by Gasteiger charge is 2.22. The maximum absolute atomic E-state index is 12.1. The van der Waals surface area contributed by atoms with Gasteiger partial charge in [0, 0.05) is 16.8 Å². The second-order valence-electron chi connectivity index (χ2n) is 4.64. The molecule has 17 heavy (non-hydrogen) atoms. The number of aromatic nitrogens is 1. The summed E-state index contributed by atoms with van der Waals surface area (Å²) in [5.41, 5.74) is 6.80. The molecule has 0 saturated carbocycles. The molecule has 0 spiro atoms. The summed E-state index contributed by atoms with van der Waals surface area (Å²) in [6.45, 7) is 8.00.